The molecule has 180 valence electrons. The van der Waals surface area contributed by atoms with Gasteiger partial charge in [-0.15, -0.1) is 0 Å². The third-order valence-electron chi connectivity index (χ3n) is 6.25. The van der Waals surface area contributed by atoms with Crippen molar-refractivity contribution in [3.8, 4) is 11.1 Å². The van der Waals surface area contributed by atoms with E-state index in [0.717, 1.165) is 40.5 Å². The highest BCUT2D eigenvalue weighted by atomic mass is 32.2. The van der Waals surface area contributed by atoms with Crippen LogP contribution in [0.5, 0.6) is 0 Å². The Hall–Kier alpha value is -3.17. The van der Waals surface area contributed by atoms with Crippen LogP contribution in [0.2, 0.25) is 0 Å². The lowest BCUT2D eigenvalue weighted by molar-refractivity contribution is 0.487. The highest BCUT2D eigenvalue weighted by Gasteiger charge is 2.17. The number of nitrogens with zero attached hydrogens (tertiary/aromatic N) is 2. The molecule has 9 heteroatoms. The van der Waals surface area contributed by atoms with Gasteiger partial charge in [0.2, 0.25) is 5.95 Å². The number of nitrogens with two attached hydrogens (primary N) is 2. The number of anilines is 3. The van der Waals surface area contributed by atoms with E-state index in [0.29, 0.717) is 23.8 Å². The molecule has 1 aliphatic rings. The molecule has 6 N–H and O–H groups in total. The molecule has 4 rings (SSSR count). The molecule has 1 fully saturated rings. The Kier molecular flexibility index (Phi) is 7.33. The van der Waals surface area contributed by atoms with Gasteiger partial charge in [0.05, 0.1) is 10.6 Å². The monoisotopic (exact) mass is 480 g/mol. The van der Waals surface area contributed by atoms with Crippen LogP contribution >= 0.6 is 0 Å². The lowest BCUT2D eigenvalue weighted by atomic mass is 10.0. The van der Waals surface area contributed by atoms with Gasteiger partial charge in [0.15, 0.2) is 9.84 Å². The molecule has 1 aromatic heterocycles. The zero-order valence-electron chi connectivity index (χ0n) is 19.4. The number of benzene rings is 2. The molecule has 0 aliphatic heterocycles. The molecule has 8 nitrogen and oxygen atoms in total. The van der Waals surface area contributed by atoms with Gasteiger partial charge < -0.3 is 22.1 Å². The molecular weight excluding hydrogens is 448 g/mol. The number of rotatable bonds is 9. The van der Waals surface area contributed by atoms with Gasteiger partial charge in [-0.1, -0.05) is 37.1 Å². The second kappa shape index (κ2) is 10.4. The van der Waals surface area contributed by atoms with Crippen molar-refractivity contribution in [2.24, 2.45) is 5.92 Å². The first-order chi connectivity index (χ1) is 16.3. The first-order valence-electron chi connectivity index (χ1n) is 11.6. The third-order valence-corrected chi connectivity index (χ3v) is 7.38. The zero-order valence-corrected chi connectivity index (χ0v) is 20.2. The van der Waals surface area contributed by atoms with Crippen LogP contribution in [0, 0.1) is 5.92 Å². The molecule has 2 aromatic carbocycles. The summed E-state index contributed by atoms with van der Waals surface area (Å²) in [4.78, 5) is 8.96. The number of hydrogen-bond acceptors (Lipinski definition) is 8. The minimum Gasteiger partial charge on any atom is -0.383 e. The standard InChI is InChI=1S/C25H32N6O2S/c1-34(32,33)21-12-6-18(7-13-21)15-29-20-10-8-19(9-11-20)23-22(30-25(27)31-24(23)26)16-28-14-17-4-2-3-5-17/h6-13,17,28-29H,2-5,14-16H2,1H3,(H4,26,27,30,31). The minimum absolute atomic E-state index is 0.180. The van der Waals surface area contributed by atoms with Crippen LogP contribution in [0.1, 0.15) is 36.9 Å². The Morgan fingerprint density at radius 1 is 0.941 bits per heavy atom. The van der Waals surface area contributed by atoms with Gasteiger partial charge in [0.25, 0.3) is 0 Å². The Bertz CT molecular complexity index is 1220. The molecule has 3 aromatic rings. The van der Waals surface area contributed by atoms with Crippen LogP contribution in [0.15, 0.2) is 53.4 Å². The summed E-state index contributed by atoms with van der Waals surface area (Å²) in [6, 6.07) is 14.8. The number of nitrogens with one attached hydrogen (secondary N) is 2. The lowest BCUT2D eigenvalue weighted by Crippen LogP contribution is -2.22. The first-order valence-corrected chi connectivity index (χ1v) is 13.4. The molecule has 0 amide bonds. The normalized spacial score (nSPS) is 14.4. The van der Waals surface area contributed by atoms with E-state index in [2.05, 4.69) is 20.6 Å². The van der Waals surface area contributed by atoms with Crippen molar-refractivity contribution in [3.05, 3.63) is 59.8 Å². The molecule has 1 aliphatic carbocycles. The second-order valence-corrected chi connectivity index (χ2v) is 10.9. The van der Waals surface area contributed by atoms with Gasteiger partial charge >= 0.3 is 0 Å². The number of sulfone groups is 1. The average Bonchev–Trinajstić information content (AvgIpc) is 3.31. The fraction of sp³-hybridized carbons (Fsp3) is 0.360. The van der Waals surface area contributed by atoms with Gasteiger partial charge in [0.1, 0.15) is 5.82 Å². The third kappa shape index (κ3) is 6.03. The highest BCUT2D eigenvalue weighted by Crippen LogP contribution is 2.30. The molecular formula is C25H32N6O2S. The maximum absolute atomic E-state index is 11.6. The predicted octanol–water partition coefficient (Wildman–Crippen LogP) is 3.60. The fourth-order valence-corrected chi connectivity index (χ4v) is 5.04. The van der Waals surface area contributed by atoms with Crippen LogP contribution in [0.3, 0.4) is 0 Å². The topological polar surface area (TPSA) is 136 Å². The maximum Gasteiger partial charge on any atom is 0.222 e. The van der Waals surface area contributed by atoms with Crippen molar-refractivity contribution in [1.29, 1.82) is 0 Å². The van der Waals surface area contributed by atoms with Crippen LogP contribution < -0.4 is 22.1 Å². The average molecular weight is 481 g/mol. The van der Waals surface area contributed by atoms with Gasteiger partial charge in [-0.3, -0.25) is 0 Å². The van der Waals surface area contributed by atoms with Gasteiger partial charge in [-0.25, -0.2) is 13.4 Å². The smallest absolute Gasteiger partial charge is 0.222 e. The minimum atomic E-state index is -3.19. The summed E-state index contributed by atoms with van der Waals surface area (Å²) >= 11 is 0. The molecule has 1 heterocycles. The van der Waals surface area contributed by atoms with Crippen molar-refractivity contribution >= 4 is 27.3 Å². The Labute approximate surface area is 201 Å². The molecule has 1 saturated carbocycles. The summed E-state index contributed by atoms with van der Waals surface area (Å²) in [5.74, 6) is 1.28. The van der Waals surface area contributed by atoms with Crippen LogP contribution in [0.4, 0.5) is 17.5 Å². The summed E-state index contributed by atoms with van der Waals surface area (Å²) in [7, 11) is -3.19. The van der Waals surface area contributed by atoms with Crippen molar-refractivity contribution < 1.29 is 8.42 Å². The summed E-state index contributed by atoms with van der Waals surface area (Å²) in [6.45, 7) is 2.14. The predicted molar refractivity (Wildman–Crippen MR) is 137 cm³/mol. The highest BCUT2D eigenvalue weighted by molar-refractivity contribution is 7.90. The lowest BCUT2D eigenvalue weighted by Gasteiger charge is -2.15. The number of nitrogen functional groups attached to an aromatic ring is 2. The Morgan fingerprint density at radius 3 is 2.26 bits per heavy atom. The fourth-order valence-electron chi connectivity index (χ4n) is 4.41. The summed E-state index contributed by atoms with van der Waals surface area (Å²) < 4.78 is 23.2. The van der Waals surface area contributed by atoms with Gasteiger partial charge in [0, 0.05) is 30.6 Å². The van der Waals surface area contributed by atoms with E-state index in [4.69, 9.17) is 11.5 Å². The SMILES string of the molecule is CS(=O)(=O)c1ccc(CNc2ccc(-c3c(N)nc(N)nc3CNCC3CCCC3)cc2)cc1. The molecule has 0 radical (unpaired) electrons. The van der Waals surface area contributed by atoms with Crippen LogP contribution in [-0.2, 0) is 22.9 Å². The number of aromatic nitrogens is 2. The quantitative estimate of drug-likeness (QED) is 0.365. The van der Waals surface area contributed by atoms with E-state index < -0.39 is 9.84 Å². The Balaban J connectivity index is 1.43. The summed E-state index contributed by atoms with van der Waals surface area (Å²) in [6.07, 6.45) is 6.40. The molecule has 0 atom stereocenters. The largest absolute Gasteiger partial charge is 0.383 e. The summed E-state index contributed by atoms with van der Waals surface area (Å²) in [5.41, 5.74) is 16.6. The van der Waals surface area contributed by atoms with Crippen LogP contribution in [-0.4, -0.2) is 31.2 Å². The van der Waals surface area contributed by atoms with E-state index in [1.165, 1.54) is 31.9 Å². The molecule has 0 bridgehead atoms. The van der Waals surface area contributed by atoms with Crippen molar-refractivity contribution in [1.82, 2.24) is 15.3 Å². The number of hydrogen-bond donors (Lipinski definition) is 4. The molecule has 34 heavy (non-hydrogen) atoms. The van der Waals surface area contributed by atoms with E-state index in [1.54, 1.807) is 12.1 Å². The molecule has 0 saturated heterocycles. The maximum atomic E-state index is 11.6. The van der Waals surface area contributed by atoms with E-state index in [-0.39, 0.29) is 5.95 Å². The second-order valence-electron chi connectivity index (χ2n) is 8.92. The summed E-state index contributed by atoms with van der Waals surface area (Å²) in [5, 5.41) is 6.88. The van der Waals surface area contributed by atoms with Crippen molar-refractivity contribution in [2.75, 3.05) is 29.6 Å². The Morgan fingerprint density at radius 2 is 1.62 bits per heavy atom. The van der Waals surface area contributed by atoms with E-state index in [9.17, 15) is 8.42 Å². The van der Waals surface area contributed by atoms with Crippen molar-refractivity contribution in [2.45, 2.75) is 43.7 Å². The van der Waals surface area contributed by atoms with E-state index in [1.807, 2.05) is 36.4 Å². The van der Waals surface area contributed by atoms with Gasteiger partial charge in [-0.2, -0.15) is 4.98 Å². The first kappa shape index (κ1) is 24.0. The van der Waals surface area contributed by atoms with E-state index >= 15 is 0 Å². The van der Waals surface area contributed by atoms with Crippen molar-refractivity contribution in [3.63, 3.8) is 0 Å². The van der Waals surface area contributed by atoms with Gasteiger partial charge in [-0.05, 0) is 60.7 Å². The van der Waals surface area contributed by atoms with Crippen LogP contribution in [0.25, 0.3) is 11.1 Å². The molecule has 0 unspecified atom stereocenters. The molecule has 0 spiro atoms. The zero-order chi connectivity index (χ0) is 24.1.